The van der Waals surface area contributed by atoms with E-state index in [4.69, 9.17) is 4.74 Å². The number of hydrogen-bond acceptors (Lipinski definition) is 3. The summed E-state index contributed by atoms with van der Waals surface area (Å²) in [6.45, 7) is 2.70. The van der Waals surface area contributed by atoms with Crippen molar-refractivity contribution >= 4 is 17.5 Å². The molecule has 1 aliphatic carbocycles. The van der Waals surface area contributed by atoms with E-state index in [-0.39, 0.29) is 6.04 Å². The first kappa shape index (κ1) is 16.3. The van der Waals surface area contributed by atoms with Crippen LogP contribution in [0, 0.1) is 0 Å². The van der Waals surface area contributed by atoms with Crippen molar-refractivity contribution in [3.05, 3.63) is 24.3 Å². The molecule has 1 saturated carbocycles. The fourth-order valence-electron chi connectivity index (χ4n) is 2.54. The van der Waals surface area contributed by atoms with Gasteiger partial charge < -0.3 is 15.4 Å². The van der Waals surface area contributed by atoms with Gasteiger partial charge in [0.25, 0.3) is 0 Å². The van der Waals surface area contributed by atoms with Crippen molar-refractivity contribution in [2.24, 2.45) is 0 Å². The Morgan fingerprint density at radius 2 is 1.77 bits per heavy atom. The van der Waals surface area contributed by atoms with E-state index in [9.17, 15) is 9.59 Å². The molecule has 1 aliphatic rings. The second-order valence-corrected chi connectivity index (χ2v) is 5.64. The first-order valence-electron chi connectivity index (χ1n) is 8.03. The van der Waals surface area contributed by atoms with Crippen molar-refractivity contribution in [2.45, 2.75) is 51.5 Å². The molecule has 0 unspecified atom stereocenters. The zero-order valence-corrected chi connectivity index (χ0v) is 13.1. The van der Waals surface area contributed by atoms with Crippen molar-refractivity contribution in [1.29, 1.82) is 0 Å². The standard InChI is InChI=1S/C17H24N2O3/c1-2-12-22-15-10-8-14(9-11-15)19-17(21)16(20)18-13-6-4-3-5-7-13/h8-11,13H,2-7,12H2,1H3,(H,18,20)(H,19,21). The number of nitrogens with one attached hydrogen (secondary N) is 2. The molecule has 2 amide bonds. The van der Waals surface area contributed by atoms with Gasteiger partial charge in [0, 0.05) is 11.7 Å². The molecule has 0 saturated heterocycles. The van der Waals surface area contributed by atoms with Crippen LogP contribution in [-0.4, -0.2) is 24.5 Å². The third-order valence-corrected chi connectivity index (χ3v) is 3.73. The lowest BCUT2D eigenvalue weighted by Crippen LogP contribution is -2.42. The summed E-state index contributed by atoms with van der Waals surface area (Å²) in [4.78, 5) is 23.8. The fourth-order valence-corrected chi connectivity index (χ4v) is 2.54. The average molecular weight is 304 g/mol. The molecule has 1 aromatic carbocycles. The number of carbonyl (C=O) groups is 2. The van der Waals surface area contributed by atoms with E-state index in [1.165, 1.54) is 6.42 Å². The molecule has 2 rings (SSSR count). The van der Waals surface area contributed by atoms with E-state index in [0.29, 0.717) is 12.3 Å². The van der Waals surface area contributed by atoms with Gasteiger partial charge >= 0.3 is 11.8 Å². The van der Waals surface area contributed by atoms with Gasteiger partial charge in [-0.3, -0.25) is 9.59 Å². The largest absolute Gasteiger partial charge is 0.494 e. The van der Waals surface area contributed by atoms with Crippen LogP contribution in [0.4, 0.5) is 5.69 Å². The van der Waals surface area contributed by atoms with Gasteiger partial charge in [-0.25, -0.2) is 0 Å². The zero-order chi connectivity index (χ0) is 15.8. The van der Waals surface area contributed by atoms with Crippen LogP contribution in [0.5, 0.6) is 5.75 Å². The van der Waals surface area contributed by atoms with Crippen LogP contribution in [0.2, 0.25) is 0 Å². The maximum Gasteiger partial charge on any atom is 0.313 e. The Balaban J connectivity index is 1.81. The first-order valence-corrected chi connectivity index (χ1v) is 8.03. The lowest BCUT2D eigenvalue weighted by Gasteiger charge is -2.22. The molecule has 1 aromatic rings. The summed E-state index contributed by atoms with van der Waals surface area (Å²) in [5.74, 6) is -0.419. The smallest absolute Gasteiger partial charge is 0.313 e. The van der Waals surface area contributed by atoms with Crippen LogP contribution in [0.3, 0.4) is 0 Å². The molecular weight excluding hydrogens is 280 g/mol. The van der Waals surface area contributed by atoms with Gasteiger partial charge in [-0.05, 0) is 43.5 Å². The number of ether oxygens (including phenoxy) is 1. The van der Waals surface area contributed by atoms with Crippen LogP contribution in [0.1, 0.15) is 45.4 Å². The Morgan fingerprint density at radius 3 is 2.41 bits per heavy atom. The molecule has 0 bridgehead atoms. The van der Waals surface area contributed by atoms with E-state index in [2.05, 4.69) is 10.6 Å². The third kappa shape index (κ3) is 5.06. The Kier molecular flexibility index (Phi) is 6.25. The fraction of sp³-hybridized carbons (Fsp3) is 0.529. The summed E-state index contributed by atoms with van der Waals surface area (Å²) in [7, 11) is 0. The second kappa shape index (κ2) is 8.41. The molecule has 0 aliphatic heterocycles. The van der Waals surface area contributed by atoms with E-state index < -0.39 is 11.8 Å². The van der Waals surface area contributed by atoms with Crippen molar-refractivity contribution in [3.8, 4) is 5.75 Å². The Hall–Kier alpha value is -2.04. The summed E-state index contributed by atoms with van der Waals surface area (Å²) >= 11 is 0. The molecule has 0 spiro atoms. The second-order valence-electron chi connectivity index (χ2n) is 5.64. The highest BCUT2D eigenvalue weighted by molar-refractivity contribution is 6.39. The first-order chi connectivity index (χ1) is 10.7. The lowest BCUT2D eigenvalue weighted by atomic mass is 9.95. The highest BCUT2D eigenvalue weighted by Gasteiger charge is 2.20. The van der Waals surface area contributed by atoms with Gasteiger partial charge in [-0.15, -0.1) is 0 Å². The minimum absolute atomic E-state index is 0.136. The van der Waals surface area contributed by atoms with Crippen molar-refractivity contribution < 1.29 is 14.3 Å². The lowest BCUT2D eigenvalue weighted by molar-refractivity contribution is -0.136. The maximum absolute atomic E-state index is 11.9. The van der Waals surface area contributed by atoms with Crippen LogP contribution in [0.25, 0.3) is 0 Å². The Bertz CT molecular complexity index is 493. The zero-order valence-electron chi connectivity index (χ0n) is 13.1. The van der Waals surface area contributed by atoms with Crippen molar-refractivity contribution in [3.63, 3.8) is 0 Å². The Morgan fingerprint density at radius 1 is 1.09 bits per heavy atom. The monoisotopic (exact) mass is 304 g/mol. The molecule has 22 heavy (non-hydrogen) atoms. The molecule has 5 nitrogen and oxygen atoms in total. The summed E-state index contributed by atoms with van der Waals surface area (Å²) < 4.78 is 5.47. The summed E-state index contributed by atoms with van der Waals surface area (Å²) in [5, 5.41) is 5.41. The number of carbonyl (C=O) groups excluding carboxylic acids is 2. The molecular formula is C17H24N2O3. The summed E-state index contributed by atoms with van der Waals surface area (Å²) in [6.07, 6.45) is 6.31. The molecule has 0 atom stereocenters. The topological polar surface area (TPSA) is 67.4 Å². The minimum atomic E-state index is -0.618. The van der Waals surface area contributed by atoms with Gasteiger partial charge in [0.05, 0.1) is 6.61 Å². The predicted octanol–water partition coefficient (Wildman–Crippen LogP) is 2.86. The minimum Gasteiger partial charge on any atom is -0.494 e. The van der Waals surface area contributed by atoms with Gasteiger partial charge in [-0.1, -0.05) is 26.2 Å². The van der Waals surface area contributed by atoms with Gasteiger partial charge in [0.2, 0.25) is 0 Å². The molecule has 2 N–H and O–H groups in total. The quantitative estimate of drug-likeness (QED) is 0.822. The maximum atomic E-state index is 11.9. The molecule has 5 heteroatoms. The van der Waals surface area contributed by atoms with E-state index in [0.717, 1.165) is 37.9 Å². The molecule has 0 aromatic heterocycles. The number of rotatable bonds is 5. The van der Waals surface area contributed by atoms with Gasteiger partial charge in [0.1, 0.15) is 5.75 Å². The molecule has 1 fully saturated rings. The van der Waals surface area contributed by atoms with Crippen LogP contribution in [-0.2, 0) is 9.59 Å². The summed E-state index contributed by atoms with van der Waals surface area (Å²) in [5.41, 5.74) is 0.590. The van der Waals surface area contributed by atoms with Gasteiger partial charge in [0.15, 0.2) is 0 Å². The number of hydrogen-bond donors (Lipinski definition) is 2. The normalized spacial score (nSPS) is 15.1. The molecule has 0 heterocycles. The molecule has 120 valence electrons. The van der Waals surface area contributed by atoms with E-state index >= 15 is 0 Å². The highest BCUT2D eigenvalue weighted by Crippen LogP contribution is 2.18. The van der Waals surface area contributed by atoms with E-state index in [1.54, 1.807) is 24.3 Å². The molecule has 0 radical (unpaired) electrons. The SMILES string of the molecule is CCCOc1ccc(NC(=O)C(=O)NC2CCCCC2)cc1. The van der Waals surface area contributed by atoms with Crippen molar-refractivity contribution in [2.75, 3.05) is 11.9 Å². The third-order valence-electron chi connectivity index (χ3n) is 3.73. The van der Waals surface area contributed by atoms with Crippen LogP contribution in [0.15, 0.2) is 24.3 Å². The van der Waals surface area contributed by atoms with Crippen LogP contribution >= 0.6 is 0 Å². The van der Waals surface area contributed by atoms with Crippen LogP contribution < -0.4 is 15.4 Å². The van der Waals surface area contributed by atoms with Gasteiger partial charge in [-0.2, -0.15) is 0 Å². The number of benzene rings is 1. The number of anilines is 1. The van der Waals surface area contributed by atoms with E-state index in [1.807, 2.05) is 6.92 Å². The van der Waals surface area contributed by atoms with Crippen molar-refractivity contribution in [1.82, 2.24) is 5.32 Å². The Labute approximate surface area is 131 Å². The highest BCUT2D eigenvalue weighted by atomic mass is 16.5. The summed E-state index contributed by atoms with van der Waals surface area (Å²) in [6, 6.07) is 7.17. The average Bonchev–Trinajstić information content (AvgIpc) is 2.55. The predicted molar refractivity (Wildman–Crippen MR) is 85.9 cm³/mol. The number of amides is 2.